The molecule has 1 heterocycles. The zero-order valence-electron chi connectivity index (χ0n) is 11.5. The van der Waals surface area contributed by atoms with Crippen LogP contribution in [0, 0.1) is 5.82 Å². The maximum absolute atomic E-state index is 13.0. The number of hydrogen-bond donors (Lipinski definition) is 1. The first-order valence-electron chi connectivity index (χ1n) is 6.35. The summed E-state index contributed by atoms with van der Waals surface area (Å²) in [7, 11) is 0. The molecular formula is C13H12F4N4O. The summed E-state index contributed by atoms with van der Waals surface area (Å²) in [5.74, 6) is -1.60. The highest BCUT2D eigenvalue weighted by Gasteiger charge is 2.33. The number of aryl methyl sites for hydroxylation is 1. The molecule has 0 bridgehead atoms. The smallest absolute Gasteiger partial charge is 0.347 e. The first-order valence-corrected chi connectivity index (χ1v) is 6.35. The third-order valence-corrected chi connectivity index (χ3v) is 2.97. The third kappa shape index (κ3) is 3.41. The van der Waals surface area contributed by atoms with Crippen molar-refractivity contribution in [3.05, 3.63) is 47.0 Å². The topological polar surface area (TPSA) is 59.8 Å². The van der Waals surface area contributed by atoms with E-state index in [4.69, 9.17) is 0 Å². The van der Waals surface area contributed by atoms with Gasteiger partial charge in [0.05, 0.1) is 11.8 Å². The normalized spacial score (nSPS) is 11.5. The Morgan fingerprint density at radius 3 is 2.73 bits per heavy atom. The third-order valence-electron chi connectivity index (χ3n) is 2.97. The van der Waals surface area contributed by atoms with Crippen LogP contribution < -0.4 is 5.32 Å². The molecule has 2 rings (SSSR count). The van der Waals surface area contributed by atoms with E-state index in [1.807, 2.05) is 0 Å². The van der Waals surface area contributed by atoms with Crippen molar-refractivity contribution < 1.29 is 22.4 Å². The first kappa shape index (κ1) is 15.9. The van der Waals surface area contributed by atoms with Gasteiger partial charge in [0.2, 0.25) is 0 Å². The molecule has 22 heavy (non-hydrogen) atoms. The van der Waals surface area contributed by atoms with Gasteiger partial charge in [-0.05, 0) is 24.6 Å². The van der Waals surface area contributed by atoms with Gasteiger partial charge in [-0.2, -0.15) is 13.2 Å². The molecule has 1 aromatic carbocycles. The Balaban J connectivity index is 2.17. The lowest BCUT2D eigenvalue weighted by Crippen LogP contribution is -2.27. The summed E-state index contributed by atoms with van der Waals surface area (Å²) in [4.78, 5) is 11.9. The van der Waals surface area contributed by atoms with Crippen molar-refractivity contribution in [2.75, 3.05) is 0 Å². The number of alkyl halides is 3. The maximum atomic E-state index is 13.0. The van der Waals surface area contributed by atoms with E-state index in [0.717, 1.165) is 12.1 Å². The quantitative estimate of drug-likeness (QED) is 0.881. The van der Waals surface area contributed by atoms with Crippen molar-refractivity contribution in [3.8, 4) is 0 Å². The van der Waals surface area contributed by atoms with Gasteiger partial charge < -0.3 is 5.32 Å². The van der Waals surface area contributed by atoms with E-state index in [1.54, 1.807) is 6.92 Å². The van der Waals surface area contributed by atoms with Crippen LogP contribution in [0.4, 0.5) is 17.6 Å². The second-order valence-corrected chi connectivity index (χ2v) is 4.42. The number of carbonyl (C=O) groups is 1. The van der Waals surface area contributed by atoms with E-state index in [1.165, 1.54) is 10.9 Å². The fourth-order valence-electron chi connectivity index (χ4n) is 1.90. The summed E-state index contributed by atoms with van der Waals surface area (Å²) in [6.45, 7) is 1.75. The fraction of sp³-hybridized carbons (Fsp3) is 0.308. The lowest BCUT2D eigenvalue weighted by Gasteiger charge is -2.13. The van der Waals surface area contributed by atoms with Crippen molar-refractivity contribution >= 4 is 5.91 Å². The lowest BCUT2D eigenvalue weighted by atomic mass is 10.1. The van der Waals surface area contributed by atoms with Crippen LogP contribution in [0.2, 0.25) is 0 Å². The summed E-state index contributed by atoms with van der Waals surface area (Å²) >= 11 is 0. The average Bonchev–Trinajstić information content (AvgIpc) is 2.93. The van der Waals surface area contributed by atoms with Gasteiger partial charge in [-0.1, -0.05) is 11.3 Å². The van der Waals surface area contributed by atoms with Gasteiger partial charge in [-0.15, -0.1) is 5.10 Å². The fourth-order valence-corrected chi connectivity index (χ4v) is 1.90. The number of nitrogens with zero attached hydrogens (tertiary/aromatic N) is 3. The van der Waals surface area contributed by atoms with Gasteiger partial charge in [0.25, 0.3) is 5.91 Å². The number of aromatic nitrogens is 3. The summed E-state index contributed by atoms with van der Waals surface area (Å²) in [5, 5.41) is 9.56. The minimum Gasteiger partial charge on any atom is -0.347 e. The van der Waals surface area contributed by atoms with Crippen molar-refractivity contribution in [3.63, 3.8) is 0 Å². The maximum Gasteiger partial charge on any atom is 0.416 e. The predicted molar refractivity (Wildman–Crippen MR) is 68.3 cm³/mol. The molecule has 1 N–H and O–H groups in total. The summed E-state index contributed by atoms with van der Waals surface area (Å²) in [6, 6.07) is 2.31. The minimum absolute atomic E-state index is 0.137. The van der Waals surface area contributed by atoms with Crippen LogP contribution >= 0.6 is 0 Å². The molecule has 0 saturated heterocycles. The summed E-state index contributed by atoms with van der Waals surface area (Å²) in [6.07, 6.45) is -3.48. The molecule has 5 nitrogen and oxygen atoms in total. The number of rotatable bonds is 4. The van der Waals surface area contributed by atoms with Gasteiger partial charge in [0.1, 0.15) is 11.5 Å². The Morgan fingerprint density at radius 2 is 2.09 bits per heavy atom. The SMILES string of the molecule is CCn1nncc1C(=O)NCc1ccc(F)cc1C(F)(F)F. The minimum atomic E-state index is -4.70. The molecule has 9 heteroatoms. The molecular weight excluding hydrogens is 304 g/mol. The number of halogens is 4. The number of amides is 1. The van der Waals surface area contributed by atoms with Crippen LogP contribution in [0.5, 0.6) is 0 Å². The first-order chi connectivity index (χ1) is 10.3. The standard InChI is InChI=1S/C13H12F4N4O/c1-2-21-11(7-19-20-21)12(22)18-6-8-3-4-9(14)5-10(8)13(15,16)17/h3-5,7H,2,6H2,1H3,(H,18,22). The molecule has 1 aromatic heterocycles. The van der Waals surface area contributed by atoms with Gasteiger partial charge >= 0.3 is 6.18 Å². The molecule has 118 valence electrons. The van der Waals surface area contributed by atoms with Crippen LogP contribution in [0.25, 0.3) is 0 Å². The monoisotopic (exact) mass is 316 g/mol. The molecule has 0 saturated carbocycles. The number of hydrogen-bond acceptors (Lipinski definition) is 3. The van der Waals surface area contributed by atoms with E-state index in [2.05, 4.69) is 15.6 Å². The molecule has 1 amide bonds. The van der Waals surface area contributed by atoms with Crippen molar-refractivity contribution in [1.82, 2.24) is 20.3 Å². The summed E-state index contributed by atoms with van der Waals surface area (Å²) in [5.41, 5.74) is -1.20. The second-order valence-electron chi connectivity index (χ2n) is 4.42. The van der Waals surface area contributed by atoms with Crippen LogP contribution in [0.15, 0.2) is 24.4 Å². The number of benzene rings is 1. The Morgan fingerprint density at radius 1 is 1.36 bits per heavy atom. The Hall–Kier alpha value is -2.45. The molecule has 0 spiro atoms. The van der Waals surface area contributed by atoms with Crippen molar-refractivity contribution in [1.29, 1.82) is 0 Å². The van der Waals surface area contributed by atoms with E-state index >= 15 is 0 Å². The van der Waals surface area contributed by atoms with Crippen molar-refractivity contribution in [2.45, 2.75) is 26.2 Å². The van der Waals surface area contributed by atoms with Crippen LogP contribution in [-0.2, 0) is 19.3 Å². The summed E-state index contributed by atoms with van der Waals surface area (Å²) < 4.78 is 52.8. The molecule has 0 unspecified atom stereocenters. The highest BCUT2D eigenvalue weighted by molar-refractivity contribution is 5.92. The Kier molecular flexibility index (Phi) is 4.43. The molecule has 0 aliphatic carbocycles. The number of nitrogens with one attached hydrogen (secondary N) is 1. The van der Waals surface area contributed by atoms with Gasteiger partial charge in [-0.25, -0.2) is 9.07 Å². The van der Waals surface area contributed by atoms with Crippen molar-refractivity contribution in [2.24, 2.45) is 0 Å². The Bertz CT molecular complexity index is 681. The Labute approximate surface area is 122 Å². The van der Waals surface area contributed by atoms with Gasteiger partial charge in [-0.3, -0.25) is 4.79 Å². The van der Waals surface area contributed by atoms with E-state index in [0.29, 0.717) is 12.6 Å². The molecule has 2 aromatic rings. The molecule has 0 aliphatic heterocycles. The van der Waals surface area contributed by atoms with E-state index < -0.39 is 23.5 Å². The average molecular weight is 316 g/mol. The largest absolute Gasteiger partial charge is 0.416 e. The lowest BCUT2D eigenvalue weighted by molar-refractivity contribution is -0.138. The molecule has 0 fully saturated rings. The van der Waals surface area contributed by atoms with E-state index in [-0.39, 0.29) is 17.8 Å². The zero-order chi connectivity index (χ0) is 16.3. The van der Waals surface area contributed by atoms with Crippen LogP contribution in [0.3, 0.4) is 0 Å². The van der Waals surface area contributed by atoms with E-state index in [9.17, 15) is 22.4 Å². The van der Waals surface area contributed by atoms with Gasteiger partial charge in [0.15, 0.2) is 0 Å². The molecule has 0 radical (unpaired) electrons. The van der Waals surface area contributed by atoms with Gasteiger partial charge in [0, 0.05) is 13.1 Å². The number of carbonyl (C=O) groups excluding carboxylic acids is 1. The van der Waals surface area contributed by atoms with Crippen LogP contribution in [-0.4, -0.2) is 20.9 Å². The predicted octanol–water partition coefficient (Wildman–Crippen LogP) is 2.39. The molecule has 0 atom stereocenters. The highest BCUT2D eigenvalue weighted by atomic mass is 19.4. The zero-order valence-corrected chi connectivity index (χ0v) is 11.5. The highest BCUT2D eigenvalue weighted by Crippen LogP contribution is 2.32. The molecule has 0 aliphatic rings. The van der Waals surface area contributed by atoms with Crippen LogP contribution in [0.1, 0.15) is 28.5 Å². The second kappa shape index (κ2) is 6.12.